The third kappa shape index (κ3) is 2.97. The van der Waals surface area contributed by atoms with E-state index >= 15 is 0 Å². The van der Waals surface area contributed by atoms with Gasteiger partial charge in [0.2, 0.25) is 0 Å². The summed E-state index contributed by atoms with van der Waals surface area (Å²) in [5.41, 5.74) is 0.802. The van der Waals surface area contributed by atoms with Crippen LogP contribution in [0.3, 0.4) is 0 Å². The van der Waals surface area contributed by atoms with Crippen molar-refractivity contribution >= 4 is 0 Å². The number of rotatable bonds is 4. The van der Waals surface area contributed by atoms with E-state index in [1.54, 1.807) is 6.07 Å². The SMILES string of the molecule is CCNC(c1ccc(F)cc1F)C1CCCC1(C)C. The Morgan fingerprint density at radius 1 is 1.37 bits per heavy atom. The summed E-state index contributed by atoms with van der Waals surface area (Å²) in [7, 11) is 0. The van der Waals surface area contributed by atoms with Crippen molar-refractivity contribution in [3.8, 4) is 0 Å². The highest BCUT2D eigenvalue weighted by Crippen LogP contribution is 2.49. The van der Waals surface area contributed by atoms with E-state index in [0.717, 1.165) is 19.0 Å². The summed E-state index contributed by atoms with van der Waals surface area (Å²) in [6, 6.07) is 3.90. The van der Waals surface area contributed by atoms with Gasteiger partial charge < -0.3 is 5.32 Å². The Morgan fingerprint density at radius 3 is 2.63 bits per heavy atom. The number of hydrogen-bond donors (Lipinski definition) is 1. The van der Waals surface area contributed by atoms with E-state index in [2.05, 4.69) is 19.2 Å². The second-order valence-electron chi connectivity index (χ2n) is 6.19. The summed E-state index contributed by atoms with van der Waals surface area (Å²) in [5.74, 6) is -0.553. The van der Waals surface area contributed by atoms with Gasteiger partial charge in [-0.1, -0.05) is 33.3 Å². The molecule has 1 aliphatic carbocycles. The van der Waals surface area contributed by atoms with Crippen LogP contribution >= 0.6 is 0 Å². The number of benzene rings is 1. The summed E-state index contributed by atoms with van der Waals surface area (Å²) >= 11 is 0. The molecule has 19 heavy (non-hydrogen) atoms. The van der Waals surface area contributed by atoms with Crippen LogP contribution in [-0.4, -0.2) is 6.54 Å². The molecule has 0 radical (unpaired) electrons. The second-order valence-corrected chi connectivity index (χ2v) is 6.19. The smallest absolute Gasteiger partial charge is 0.130 e. The minimum absolute atomic E-state index is 0.0249. The average Bonchev–Trinajstić information content (AvgIpc) is 2.67. The van der Waals surface area contributed by atoms with Crippen molar-refractivity contribution in [2.45, 2.75) is 46.1 Å². The average molecular weight is 267 g/mol. The lowest BCUT2D eigenvalue weighted by Crippen LogP contribution is -2.34. The van der Waals surface area contributed by atoms with Gasteiger partial charge in [-0.15, -0.1) is 0 Å². The van der Waals surface area contributed by atoms with E-state index in [-0.39, 0.29) is 11.5 Å². The van der Waals surface area contributed by atoms with Gasteiger partial charge in [0, 0.05) is 17.7 Å². The van der Waals surface area contributed by atoms with Crippen LogP contribution in [0, 0.1) is 23.0 Å². The molecule has 106 valence electrons. The molecule has 0 spiro atoms. The summed E-state index contributed by atoms with van der Waals surface area (Å²) in [4.78, 5) is 0. The molecule has 2 unspecified atom stereocenters. The molecule has 0 heterocycles. The molecule has 2 atom stereocenters. The highest BCUT2D eigenvalue weighted by Gasteiger charge is 2.40. The van der Waals surface area contributed by atoms with Gasteiger partial charge >= 0.3 is 0 Å². The normalized spacial score (nSPS) is 23.5. The fourth-order valence-electron chi connectivity index (χ4n) is 3.41. The number of hydrogen-bond acceptors (Lipinski definition) is 1. The Labute approximate surface area is 114 Å². The summed E-state index contributed by atoms with van der Waals surface area (Å²) < 4.78 is 27.1. The fourth-order valence-corrected chi connectivity index (χ4v) is 3.41. The minimum atomic E-state index is -0.512. The summed E-state index contributed by atoms with van der Waals surface area (Å²) in [6.07, 6.45) is 3.45. The largest absolute Gasteiger partial charge is 0.310 e. The summed E-state index contributed by atoms with van der Waals surface area (Å²) in [5, 5.41) is 3.39. The molecule has 1 aromatic rings. The zero-order valence-electron chi connectivity index (χ0n) is 12.0. The zero-order valence-corrected chi connectivity index (χ0v) is 12.0. The zero-order chi connectivity index (χ0) is 14.0. The van der Waals surface area contributed by atoms with E-state index in [1.165, 1.54) is 18.9 Å². The second kappa shape index (κ2) is 5.58. The van der Waals surface area contributed by atoms with Crippen molar-refractivity contribution in [3.05, 3.63) is 35.4 Å². The van der Waals surface area contributed by atoms with Gasteiger partial charge in [0.1, 0.15) is 11.6 Å². The maximum Gasteiger partial charge on any atom is 0.130 e. The maximum atomic E-state index is 14.0. The molecule has 0 aromatic heterocycles. The van der Waals surface area contributed by atoms with Crippen LogP contribution in [0.1, 0.15) is 51.6 Å². The Hall–Kier alpha value is -0.960. The van der Waals surface area contributed by atoms with Crippen molar-refractivity contribution in [2.24, 2.45) is 11.3 Å². The van der Waals surface area contributed by atoms with Crippen LogP contribution in [-0.2, 0) is 0 Å². The maximum absolute atomic E-state index is 14.0. The first-order valence-electron chi connectivity index (χ1n) is 7.14. The molecule has 1 nitrogen and oxygen atoms in total. The van der Waals surface area contributed by atoms with Crippen LogP contribution in [0.15, 0.2) is 18.2 Å². The first-order valence-corrected chi connectivity index (χ1v) is 7.14. The third-order valence-corrected chi connectivity index (χ3v) is 4.46. The predicted octanol–water partition coefficient (Wildman–Crippen LogP) is 4.44. The van der Waals surface area contributed by atoms with Gasteiger partial charge in [-0.05, 0) is 36.8 Å². The molecule has 3 heteroatoms. The highest BCUT2D eigenvalue weighted by atomic mass is 19.1. The topological polar surface area (TPSA) is 12.0 Å². The van der Waals surface area contributed by atoms with Gasteiger partial charge in [0.05, 0.1) is 0 Å². The Bertz CT molecular complexity index is 442. The van der Waals surface area contributed by atoms with Crippen molar-refractivity contribution < 1.29 is 8.78 Å². The Kier molecular flexibility index (Phi) is 4.24. The lowest BCUT2D eigenvalue weighted by molar-refractivity contribution is 0.196. The van der Waals surface area contributed by atoms with E-state index in [1.807, 2.05) is 6.92 Å². The van der Waals surface area contributed by atoms with Gasteiger partial charge in [-0.25, -0.2) is 8.78 Å². The highest BCUT2D eigenvalue weighted by molar-refractivity contribution is 5.24. The Morgan fingerprint density at radius 2 is 2.11 bits per heavy atom. The van der Waals surface area contributed by atoms with Crippen molar-refractivity contribution in [1.29, 1.82) is 0 Å². The lowest BCUT2D eigenvalue weighted by Gasteiger charge is -2.35. The molecule has 1 N–H and O–H groups in total. The summed E-state index contributed by atoms with van der Waals surface area (Å²) in [6.45, 7) is 7.30. The molecule has 0 saturated heterocycles. The Balaban J connectivity index is 2.34. The van der Waals surface area contributed by atoms with Crippen molar-refractivity contribution in [1.82, 2.24) is 5.32 Å². The van der Waals surface area contributed by atoms with E-state index in [4.69, 9.17) is 0 Å². The molecule has 1 aliphatic rings. The molecular formula is C16H23F2N. The minimum Gasteiger partial charge on any atom is -0.310 e. The standard InChI is InChI=1S/C16H23F2N/c1-4-19-15(13-6-5-9-16(13,2)3)12-8-7-11(17)10-14(12)18/h7-8,10,13,15,19H,4-6,9H2,1-3H3. The molecule has 0 bridgehead atoms. The number of nitrogens with one attached hydrogen (secondary N) is 1. The molecule has 1 saturated carbocycles. The monoisotopic (exact) mass is 267 g/mol. The molecular weight excluding hydrogens is 244 g/mol. The van der Waals surface area contributed by atoms with Crippen LogP contribution in [0.5, 0.6) is 0 Å². The van der Waals surface area contributed by atoms with Crippen LogP contribution in [0.2, 0.25) is 0 Å². The lowest BCUT2D eigenvalue weighted by atomic mass is 9.75. The first-order chi connectivity index (χ1) is 8.95. The van der Waals surface area contributed by atoms with E-state index in [9.17, 15) is 8.78 Å². The van der Waals surface area contributed by atoms with E-state index in [0.29, 0.717) is 11.5 Å². The number of halogens is 2. The molecule has 1 aromatic carbocycles. The molecule has 0 aliphatic heterocycles. The van der Waals surface area contributed by atoms with Crippen LogP contribution in [0.4, 0.5) is 8.78 Å². The van der Waals surface area contributed by atoms with E-state index < -0.39 is 11.6 Å². The van der Waals surface area contributed by atoms with Gasteiger partial charge in [0.25, 0.3) is 0 Å². The fraction of sp³-hybridized carbons (Fsp3) is 0.625. The molecule has 2 rings (SSSR count). The third-order valence-electron chi connectivity index (χ3n) is 4.46. The van der Waals surface area contributed by atoms with Gasteiger partial charge in [-0.2, -0.15) is 0 Å². The quantitative estimate of drug-likeness (QED) is 0.850. The molecule has 1 fully saturated rings. The van der Waals surface area contributed by atoms with Crippen LogP contribution in [0.25, 0.3) is 0 Å². The van der Waals surface area contributed by atoms with Crippen molar-refractivity contribution in [3.63, 3.8) is 0 Å². The van der Waals surface area contributed by atoms with Gasteiger partial charge in [-0.3, -0.25) is 0 Å². The molecule has 0 amide bonds. The first kappa shape index (κ1) is 14.4. The van der Waals surface area contributed by atoms with Gasteiger partial charge in [0.15, 0.2) is 0 Å². The van der Waals surface area contributed by atoms with Crippen molar-refractivity contribution in [2.75, 3.05) is 6.54 Å². The predicted molar refractivity (Wildman–Crippen MR) is 73.9 cm³/mol. The van der Waals surface area contributed by atoms with Crippen LogP contribution < -0.4 is 5.32 Å².